The van der Waals surface area contributed by atoms with Crippen LogP contribution in [0.1, 0.15) is 38.6 Å². The van der Waals surface area contributed by atoms with Gasteiger partial charge in [0.1, 0.15) is 6.10 Å². The van der Waals surface area contributed by atoms with Crippen LogP contribution in [-0.4, -0.2) is 59.0 Å². The molecule has 3 heterocycles. The number of fused-ring (bicyclic) bond motifs is 1. The molecule has 9 heteroatoms. The van der Waals surface area contributed by atoms with Gasteiger partial charge in [0.2, 0.25) is 0 Å². The number of alkyl halides is 2. The minimum Gasteiger partial charge on any atom is -0.445 e. The van der Waals surface area contributed by atoms with Gasteiger partial charge in [-0.2, -0.15) is 16.9 Å². The summed E-state index contributed by atoms with van der Waals surface area (Å²) in [5.74, 6) is -0.429. The lowest BCUT2D eigenvalue weighted by atomic mass is 9.91. The van der Waals surface area contributed by atoms with Crippen LogP contribution in [0.4, 0.5) is 25.0 Å². The SMILES string of the molecule is CC1CN(C(=O)OC2CC(F)(F)C2)c2cc(-c3cnn(C4CCCSC4)c3)ccc2N1C. The second-order valence-corrected chi connectivity index (χ2v) is 10.3. The van der Waals surface area contributed by atoms with Crippen molar-refractivity contribution in [1.29, 1.82) is 0 Å². The van der Waals surface area contributed by atoms with E-state index in [0.717, 1.165) is 34.7 Å². The summed E-state index contributed by atoms with van der Waals surface area (Å²) in [6, 6.07) is 6.52. The zero-order valence-corrected chi connectivity index (χ0v) is 19.2. The Bertz CT molecular complexity index is 1000. The summed E-state index contributed by atoms with van der Waals surface area (Å²) in [7, 11) is 2.00. The molecule has 0 N–H and O–H groups in total. The van der Waals surface area contributed by atoms with Gasteiger partial charge in [-0.1, -0.05) is 6.07 Å². The Kier molecular flexibility index (Phi) is 5.55. The maximum atomic E-state index is 13.2. The van der Waals surface area contributed by atoms with E-state index in [4.69, 9.17) is 4.74 Å². The Morgan fingerprint density at radius 1 is 1.25 bits per heavy atom. The topological polar surface area (TPSA) is 50.6 Å². The first-order valence-corrected chi connectivity index (χ1v) is 12.3. The van der Waals surface area contributed by atoms with Crippen LogP contribution < -0.4 is 9.80 Å². The van der Waals surface area contributed by atoms with Crippen LogP contribution in [0.25, 0.3) is 11.1 Å². The van der Waals surface area contributed by atoms with Crippen LogP contribution in [0, 0.1) is 0 Å². The highest BCUT2D eigenvalue weighted by Gasteiger charge is 2.48. The first-order valence-electron chi connectivity index (χ1n) is 11.2. The molecule has 172 valence electrons. The molecular weight excluding hydrogens is 434 g/mol. The number of hydrogen-bond acceptors (Lipinski definition) is 5. The highest BCUT2D eigenvalue weighted by atomic mass is 32.2. The highest BCUT2D eigenvalue weighted by molar-refractivity contribution is 7.99. The van der Waals surface area contributed by atoms with Gasteiger partial charge in [0.25, 0.3) is 5.92 Å². The van der Waals surface area contributed by atoms with Crippen molar-refractivity contribution < 1.29 is 18.3 Å². The number of rotatable bonds is 3. The van der Waals surface area contributed by atoms with E-state index >= 15 is 0 Å². The summed E-state index contributed by atoms with van der Waals surface area (Å²) in [5, 5.41) is 4.60. The van der Waals surface area contributed by atoms with E-state index in [2.05, 4.69) is 20.9 Å². The van der Waals surface area contributed by atoms with Gasteiger partial charge < -0.3 is 9.64 Å². The summed E-state index contributed by atoms with van der Waals surface area (Å²) in [6.45, 7) is 2.47. The molecule has 0 radical (unpaired) electrons. The van der Waals surface area contributed by atoms with Gasteiger partial charge in [0, 0.05) is 50.0 Å². The first-order chi connectivity index (χ1) is 15.3. The van der Waals surface area contributed by atoms with Crippen LogP contribution in [0.5, 0.6) is 0 Å². The molecule has 2 unspecified atom stereocenters. The standard InChI is InChI=1S/C23H28F2N4O2S/c1-15-12-28(22(30)31-19-9-23(24,25)10-19)21-8-16(5-6-20(21)27(15)2)17-11-26-29(13-17)18-4-3-7-32-14-18/h5-6,8,11,13,15,18-19H,3-4,7,9-10,12,14H2,1-2H3. The van der Waals surface area contributed by atoms with Gasteiger partial charge in [-0.05, 0) is 43.2 Å². The average Bonchev–Trinajstić information content (AvgIpc) is 3.25. The molecule has 2 atom stereocenters. The van der Waals surface area contributed by atoms with Gasteiger partial charge in [-0.15, -0.1) is 0 Å². The number of halogens is 2. The number of thioether (sulfide) groups is 1. The van der Waals surface area contributed by atoms with E-state index in [-0.39, 0.29) is 6.04 Å². The van der Waals surface area contributed by atoms with E-state index in [1.165, 1.54) is 12.2 Å². The normalized spacial score (nSPS) is 25.2. The van der Waals surface area contributed by atoms with Crippen molar-refractivity contribution >= 4 is 29.2 Å². The molecule has 1 saturated heterocycles. The molecule has 2 aromatic rings. The van der Waals surface area contributed by atoms with Crippen molar-refractivity contribution in [2.45, 2.75) is 56.7 Å². The Morgan fingerprint density at radius 2 is 2.06 bits per heavy atom. The number of likely N-dealkylation sites (N-methyl/N-ethyl adjacent to an activating group) is 1. The van der Waals surface area contributed by atoms with Crippen molar-refractivity contribution in [2.24, 2.45) is 0 Å². The first kappa shape index (κ1) is 21.6. The number of nitrogens with zero attached hydrogens (tertiary/aromatic N) is 4. The maximum absolute atomic E-state index is 13.2. The Labute approximate surface area is 190 Å². The highest BCUT2D eigenvalue weighted by Crippen LogP contribution is 2.42. The number of benzene rings is 1. The number of carbonyl (C=O) groups excluding carboxylic acids is 1. The molecule has 2 aliphatic heterocycles. The van der Waals surface area contributed by atoms with Crippen LogP contribution in [0.3, 0.4) is 0 Å². The zero-order chi connectivity index (χ0) is 22.5. The fraction of sp³-hybridized carbons (Fsp3) is 0.565. The number of anilines is 2. The maximum Gasteiger partial charge on any atom is 0.414 e. The Morgan fingerprint density at radius 3 is 2.78 bits per heavy atom. The smallest absolute Gasteiger partial charge is 0.414 e. The number of ether oxygens (including phenoxy) is 1. The molecule has 1 saturated carbocycles. The molecule has 0 bridgehead atoms. The quantitative estimate of drug-likeness (QED) is 0.628. The van der Waals surface area contributed by atoms with Crippen LogP contribution in [0.2, 0.25) is 0 Å². The predicted octanol–water partition coefficient (Wildman–Crippen LogP) is 5.20. The van der Waals surface area contributed by atoms with Crippen molar-refractivity contribution in [3.63, 3.8) is 0 Å². The number of hydrogen-bond donors (Lipinski definition) is 0. The lowest BCUT2D eigenvalue weighted by Crippen LogP contribution is -2.51. The third-order valence-corrected chi connectivity index (χ3v) is 7.94. The fourth-order valence-corrected chi connectivity index (χ4v) is 5.76. The monoisotopic (exact) mass is 462 g/mol. The fourth-order valence-electron chi connectivity index (χ4n) is 4.63. The molecule has 3 aliphatic rings. The van der Waals surface area contributed by atoms with Crippen LogP contribution >= 0.6 is 11.8 Å². The average molecular weight is 463 g/mol. The molecule has 0 spiro atoms. The van der Waals surface area contributed by atoms with Crippen molar-refractivity contribution in [2.75, 3.05) is 34.9 Å². The van der Waals surface area contributed by atoms with Gasteiger partial charge in [-0.25, -0.2) is 13.6 Å². The summed E-state index contributed by atoms with van der Waals surface area (Å²) in [6.07, 6.45) is 4.23. The molecule has 5 rings (SSSR count). The van der Waals surface area contributed by atoms with Gasteiger partial charge in [0.15, 0.2) is 0 Å². The number of aromatic nitrogens is 2. The number of carbonyl (C=O) groups is 1. The predicted molar refractivity (Wildman–Crippen MR) is 123 cm³/mol. The summed E-state index contributed by atoms with van der Waals surface area (Å²) >= 11 is 1.97. The van der Waals surface area contributed by atoms with Crippen LogP contribution in [-0.2, 0) is 4.74 Å². The lowest BCUT2D eigenvalue weighted by Gasteiger charge is -2.41. The minimum absolute atomic E-state index is 0.0790. The van der Waals surface area contributed by atoms with Gasteiger partial charge in [0.05, 0.1) is 23.6 Å². The molecule has 32 heavy (non-hydrogen) atoms. The second-order valence-electron chi connectivity index (χ2n) is 9.12. The van der Waals surface area contributed by atoms with Gasteiger partial charge in [-0.3, -0.25) is 9.58 Å². The third-order valence-electron chi connectivity index (χ3n) is 6.74. The largest absolute Gasteiger partial charge is 0.445 e. The molecular formula is C23H28F2N4O2S. The molecule has 2 fully saturated rings. The number of amides is 1. The van der Waals surface area contributed by atoms with E-state index in [1.807, 2.05) is 50.1 Å². The van der Waals surface area contributed by atoms with E-state index in [9.17, 15) is 13.6 Å². The second kappa shape index (κ2) is 8.24. The summed E-state index contributed by atoms with van der Waals surface area (Å²) in [4.78, 5) is 16.6. The van der Waals surface area contributed by atoms with E-state index in [0.29, 0.717) is 12.6 Å². The summed E-state index contributed by atoms with van der Waals surface area (Å²) in [5.41, 5.74) is 3.62. The molecule has 1 amide bonds. The molecule has 1 aromatic carbocycles. The van der Waals surface area contributed by atoms with E-state index in [1.54, 1.807) is 4.90 Å². The zero-order valence-electron chi connectivity index (χ0n) is 18.3. The van der Waals surface area contributed by atoms with Crippen molar-refractivity contribution in [1.82, 2.24) is 9.78 Å². The van der Waals surface area contributed by atoms with Gasteiger partial charge >= 0.3 is 6.09 Å². The summed E-state index contributed by atoms with van der Waals surface area (Å²) < 4.78 is 33.8. The molecule has 6 nitrogen and oxygen atoms in total. The Hall–Kier alpha value is -2.29. The molecule has 1 aromatic heterocycles. The van der Waals surface area contributed by atoms with Crippen molar-refractivity contribution in [3.05, 3.63) is 30.6 Å². The Balaban J connectivity index is 1.40. The third kappa shape index (κ3) is 4.07. The lowest BCUT2D eigenvalue weighted by molar-refractivity contribution is -0.143. The van der Waals surface area contributed by atoms with Crippen molar-refractivity contribution in [3.8, 4) is 11.1 Å². The molecule has 1 aliphatic carbocycles. The minimum atomic E-state index is -2.72. The van der Waals surface area contributed by atoms with E-state index < -0.39 is 31.0 Å². The van der Waals surface area contributed by atoms with Crippen LogP contribution in [0.15, 0.2) is 30.6 Å².